The molecule has 118 valence electrons. The number of anilines is 1. The van der Waals surface area contributed by atoms with Crippen LogP contribution in [-0.4, -0.2) is 17.6 Å². The summed E-state index contributed by atoms with van der Waals surface area (Å²) in [5.41, 5.74) is 8.35. The summed E-state index contributed by atoms with van der Waals surface area (Å²) in [6.45, 7) is 7.85. The highest BCUT2D eigenvalue weighted by molar-refractivity contribution is 5.46. The summed E-state index contributed by atoms with van der Waals surface area (Å²) in [4.78, 5) is 7.19. The second kappa shape index (κ2) is 7.79. The van der Waals surface area contributed by atoms with Crippen LogP contribution in [0.4, 0.5) is 5.69 Å². The highest BCUT2D eigenvalue weighted by Gasteiger charge is 2.23. The average Bonchev–Trinajstić information content (AvgIpc) is 3.01. The van der Waals surface area contributed by atoms with Crippen LogP contribution in [0.2, 0.25) is 0 Å². The van der Waals surface area contributed by atoms with Crippen LogP contribution < -0.4 is 10.6 Å². The van der Waals surface area contributed by atoms with Gasteiger partial charge in [-0.1, -0.05) is 33.6 Å². The monoisotopic (exact) mass is 289 g/mol. The summed E-state index contributed by atoms with van der Waals surface area (Å²) in [6, 6.07) is 5.10. The Labute approximate surface area is 129 Å². The highest BCUT2D eigenvalue weighted by atomic mass is 15.2. The van der Waals surface area contributed by atoms with E-state index in [9.17, 15) is 0 Å². The topological polar surface area (TPSA) is 42.1 Å². The molecule has 0 radical (unpaired) electrons. The van der Waals surface area contributed by atoms with Crippen molar-refractivity contribution < 1.29 is 0 Å². The van der Waals surface area contributed by atoms with Crippen LogP contribution in [-0.2, 0) is 0 Å². The number of nitrogens with two attached hydrogens (primary N) is 1. The zero-order chi connectivity index (χ0) is 15.2. The minimum Gasteiger partial charge on any atom is -0.367 e. The van der Waals surface area contributed by atoms with E-state index in [0.29, 0.717) is 6.04 Å². The molecule has 1 aliphatic carbocycles. The molecule has 1 fully saturated rings. The lowest BCUT2D eigenvalue weighted by atomic mass is 10.1. The molecular weight excluding hydrogens is 258 g/mol. The summed E-state index contributed by atoms with van der Waals surface area (Å²) in [5.74, 6) is 0.745. The first-order chi connectivity index (χ1) is 10.1. The van der Waals surface area contributed by atoms with Crippen LogP contribution >= 0.6 is 0 Å². The first-order valence-corrected chi connectivity index (χ1v) is 8.60. The van der Waals surface area contributed by atoms with E-state index in [-0.39, 0.29) is 6.04 Å². The molecule has 2 N–H and O–H groups in total. The van der Waals surface area contributed by atoms with Gasteiger partial charge in [0, 0.05) is 18.6 Å². The van der Waals surface area contributed by atoms with Gasteiger partial charge in [-0.15, -0.1) is 0 Å². The lowest BCUT2D eigenvalue weighted by Crippen LogP contribution is -2.34. The van der Waals surface area contributed by atoms with Gasteiger partial charge >= 0.3 is 0 Å². The van der Waals surface area contributed by atoms with E-state index < -0.39 is 0 Å². The van der Waals surface area contributed by atoms with E-state index in [1.54, 1.807) is 0 Å². The van der Waals surface area contributed by atoms with E-state index >= 15 is 0 Å². The van der Waals surface area contributed by atoms with Gasteiger partial charge in [0.1, 0.15) is 0 Å². The van der Waals surface area contributed by atoms with E-state index in [1.165, 1.54) is 37.8 Å². The second-order valence-electron chi connectivity index (χ2n) is 6.77. The van der Waals surface area contributed by atoms with E-state index in [4.69, 9.17) is 5.73 Å². The largest absolute Gasteiger partial charge is 0.367 e. The smallest absolute Gasteiger partial charge is 0.0572 e. The Morgan fingerprint density at radius 3 is 2.52 bits per heavy atom. The highest BCUT2D eigenvalue weighted by Crippen LogP contribution is 2.29. The molecule has 2 rings (SSSR count). The Kier molecular flexibility index (Phi) is 6.04. The van der Waals surface area contributed by atoms with Gasteiger partial charge in [0.05, 0.1) is 17.6 Å². The van der Waals surface area contributed by atoms with Crippen molar-refractivity contribution >= 4 is 5.69 Å². The van der Waals surface area contributed by atoms with Crippen molar-refractivity contribution in [3.8, 4) is 0 Å². The number of nitrogens with zero attached hydrogens (tertiary/aromatic N) is 2. The fourth-order valence-corrected chi connectivity index (χ4v) is 3.13. The minimum absolute atomic E-state index is 0.0645. The maximum absolute atomic E-state index is 6.06. The first kappa shape index (κ1) is 16.3. The van der Waals surface area contributed by atoms with Crippen molar-refractivity contribution in [1.29, 1.82) is 0 Å². The lowest BCUT2D eigenvalue weighted by Gasteiger charge is -2.32. The Morgan fingerprint density at radius 2 is 2.00 bits per heavy atom. The van der Waals surface area contributed by atoms with Gasteiger partial charge in [-0.25, -0.2) is 0 Å². The maximum Gasteiger partial charge on any atom is 0.0572 e. The molecule has 3 nitrogen and oxygen atoms in total. The van der Waals surface area contributed by atoms with Crippen LogP contribution in [0.3, 0.4) is 0 Å². The molecule has 1 atom stereocenters. The normalized spacial score (nSPS) is 17.4. The van der Waals surface area contributed by atoms with Crippen molar-refractivity contribution in [2.24, 2.45) is 11.7 Å². The van der Waals surface area contributed by atoms with Gasteiger partial charge in [-0.2, -0.15) is 0 Å². The van der Waals surface area contributed by atoms with Crippen molar-refractivity contribution in [2.75, 3.05) is 11.4 Å². The van der Waals surface area contributed by atoms with Crippen molar-refractivity contribution in [3.05, 3.63) is 24.0 Å². The van der Waals surface area contributed by atoms with Crippen molar-refractivity contribution in [2.45, 2.75) is 71.4 Å². The third kappa shape index (κ3) is 4.44. The molecule has 21 heavy (non-hydrogen) atoms. The first-order valence-electron chi connectivity index (χ1n) is 8.60. The molecule has 1 heterocycles. The molecule has 3 heteroatoms. The molecule has 0 bridgehead atoms. The van der Waals surface area contributed by atoms with Gasteiger partial charge in [0.15, 0.2) is 0 Å². The predicted octanol–water partition coefficient (Wildman–Crippen LogP) is 4.29. The number of aromatic nitrogens is 1. The van der Waals surface area contributed by atoms with E-state index in [1.807, 2.05) is 6.20 Å². The molecule has 0 spiro atoms. The van der Waals surface area contributed by atoms with Crippen LogP contribution in [0.25, 0.3) is 0 Å². The van der Waals surface area contributed by atoms with Crippen LogP contribution in [0, 0.1) is 5.92 Å². The standard InChI is InChI=1S/C18H31N3/c1-4-17(19)18-10-9-16(13-20-18)21(12-11-14(2)3)15-7-5-6-8-15/h9-10,13-15,17H,4-8,11-12,19H2,1-3H3. The van der Waals surface area contributed by atoms with E-state index in [0.717, 1.165) is 24.6 Å². The number of pyridine rings is 1. The summed E-state index contributed by atoms with van der Waals surface area (Å²) < 4.78 is 0. The van der Waals surface area contributed by atoms with Gasteiger partial charge in [-0.3, -0.25) is 4.98 Å². The number of rotatable bonds is 7. The minimum atomic E-state index is 0.0645. The summed E-state index contributed by atoms with van der Waals surface area (Å²) >= 11 is 0. The molecule has 0 aromatic carbocycles. The zero-order valence-corrected chi connectivity index (χ0v) is 13.9. The molecule has 0 aliphatic heterocycles. The average molecular weight is 289 g/mol. The van der Waals surface area contributed by atoms with Crippen LogP contribution in [0.1, 0.15) is 71.0 Å². The molecule has 1 aromatic rings. The van der Waals surface area contributed by atoms with Crippen molar-refractivity contribution in [1.82, 2.24) is 4.98 Å². The number of hydrogen-bond acceptors (Lipinski definition) is 3. The quantitative estimate of drug-likeness (QED) is 0.814. The lowest BCUT2D eigenvalue weighted by molar-refractivity contribution is 0.528. The Morgan fingerprint density at radius 1 is 1.29 bits per heavy atom. The third-order valence-electron chi connectivity index (χ3n) is 4.63. The molecule has 0 saturated heterocycles. The zero-order valence-electron chi connectivity index (χ0n) is 13.9. The molecule has 0 amide bonds. The Bertz CT molecular complexity index is 407. The Balaban J connectivity index is 2.11. The van der Waals surface area contributed by atoms with Gasteiger partial charge < -0.3 is 10.6 Å². The van der Waals surface area contributed by atoms with Crippen molar-refractivity contribution in [3.63, 3.8) is 0 Å². The summed E-state index contributed by atoms with van der Waals surface area (Å²) in [6.07, 6.45) is 9.61. The van der Waals surface area contributed by atoms with Gasteiger partial charge in [-0.05, 0) is 43.7 Å². The number of hydrogen-bond donors (Lipinski definition) is 1. The van der Waals surface area contributed by atoms with E-state index in [2.05, 4.69) is 42.8 Å². The molecule has 1 aliphatic rings. The SMILES string of the molecule is CCC(N)c1ccc(N(CCC(C)C)C2CCCC2)cn1. The summed E-state index contributed by atoms with van der Waals surface area (Å²) in [7, 11) is 0. The van der Waals surface area contributed by atoms with Crippen LogP contribution in [0.15, 0.2) is 18.3 Å². The third-order valence-corrected chi connectivity index (χ3v) is 4.63. The second-order valence-corrected chi connectivity index (χ2v) is 6.77. The fraction of sp³-hybridized carbons (Fsp3) is 0.722. The molecular formula is C18H31N3. The molecule has 1 aromatic heterocycles. The predicted molar refractivity (Wildman–Crippen MR) is 90.5 cm³/mol. The summed E-state index contributed by atoms with van der Waals surface area (Å²) in [5, 5.41) is 0. The fourth-order valence-electron chi connectivity index (χ4n) is 3.13. The van der Waals surface area contributed by atoms with Gasteiger partial charge in [0.2, 0.25) is 0 Å². The van der Waals surface area contributed by atoms with Crippen LogP contribution in [0.5, 0.6) is 0 Å². The Hall–Kier alpha value is -1.09. The molecule has 1 unspecified atom stereocenters. The maximum atomic E-state index is 6.06. The van der Waals surface area contributed by atoms with Gasteiger partial charge in [0.25, 0.3) is 0 Å². The molecule has 1 saturated carbocycles.